The molecule has 1 unspecified atom stereocenters. The molecule has 0 aliphatic carbocycles. The Morgan fingerprint density at radius 3 is 2.35 bits per heavy atom. The molecular weight excluding hydrogens is 222 g/mol. The van der Waals surface area contributed by atoms with Crippen molar-refractivity contribution in [2.24, 2.45) is 0 Å². The topological polar surface area (TPSA) is 71.0 Å². The number of rotatable bonds is 11. The minimum atomic E-state index is -0.559. The lowest BCUT2D eigenvalue weighted by Crippen LogP contribution is -2.50. The maximum atomic E-state index is 9.69. The molecule has 5 nitrogen and oxygen atoms in total. The zero-order valence-electron chi connectivity index (χ0n) is 11.2. The van der Waals surface area contributed by atoms with Crippen LogP contribution in [0.4, 0.5) is 0 Å². The molecule has 0 aromatic heterocycles. The Morgan fingerprint density at radius 2 is 1.88 bits per heavy atom. The Balaban J connectivity index is 3.76. The molecule has 0 radical (unpaired) electrons. The van der Waals surface area contributed by atoms with Crippen LogP contribution in [0.3, 0.4) is 0 Å². The van der Waals surface area contributed by atoms with Gasteiger partial charge in [-0.2, -0.15) is 0 Å². The van der Waals surface area contributed by atoms with Gasteiger partial charge in [0.1, 0.15) is 0 Å². The van der Waals surface area contributed by atoms with E-state index in [1.165, 1.54) is 0 Å². The highest BCUT2D eigenvalue weighted by Gasteiger charge is 2.25. The second kappa shape index (κ2) is 9.79. The van der Waals surface area contributed by atoms with E-state index in [9.17, 15) is 10.2 Å². The van der Waals surface area contributed by atoms with E-state index in [-0.39, 0.29) is 18.8 Å². The van der Waals surface area contributed by atoms with Crippen LogP contribution in [0, 0.1) is 0 Å². The Morgan fingerprint density at radius 1 is 1.24 bits per heavy atom. The average molecular weight is 249 g/mol. The van der Waals surface area contributed by atoms with E-state index in [2.05, 4.69) is 5.32 Å². The van der Waals surface area contributed by atoms with E-state index in [1.54, 1.807) is 7.11 Å². The second-order valence-corrected chi connectivity index (χ2v) is 4.25. The van der Waals surface area contributed by atoms with Crippen LogP contribution in [-0.4, -0.2) is 61.9 Å². The summed E-state index contributed by atoms with van der Waals surface area (Å²) in [5, 5.41) is 22.2. The van der Waals surface area contributed by atoms with Gasteiger partial charge < -0.3 is 25.0 Å². The molecule has 0 heterocycles. The standard InChI is InChI=1S/C12H27NO4/c1-4-12(5-2,10-14)13-8-11(15)9-17-7-6-16-3/h11,13-15H,4-10H2,1-3H3. The van der Waals surface area contributed by atoms with Crippen LogP contribution in [0.5, 0.6) is 0 Å². The number of β-amino-alcohol motifs (C(OH)–C–C–N with tert-alkyl or cyclic N) is 1. The lowest BCUT2D eigenvalue weighted by Gasteiger charge is -2.31. The first-order chi connectivity index (χ1) is 8.14. The van der Waals surface area contributed by atoms with Crippen molar-refractivity contribution in [3.05, 3.63) is 0 Å². The van der Waals surface area contributed by atoms with E-state index >= 15 is 0 Å². The molecule has 3 N–H and O–H groups in total. The summed E-state index contributed by atoms with van der Waals surface area (Å²) in [6.45, 7) is 5.85. The van der Waals surface area contributed by atoms with Crippen molar-refractivity contribution >= 4 is 0 Å². The summed E-state index contributed by atoms with van der Waals surface area (Å²) in [5.74, 6) is 0. The van der Waals surface area contributed by atoms with Gasteiger partial charge in [0.25, 0.3) is 0 Å². The number of hydrogen-bond donors (Lipinski definition) is 3. The Hall–Kier alpha value is -0.200. The Kier molecular flexibility index (Phi) is 9.68. The van der Waals surface area contributed by atoms with Crippen molar-refractivity contribution in [2.45, 2.75) is 38.3 Å². The highest BCUT2D eigenvalue weighted by Crippen LogP contribution is 2.13. The van der Waals surface area contributed by atoms with Crippen molar-refractivity contribution in [3.8, 4) is 0 Å². The predicted octanol–water partition coefficient (Wildman–Crippen LogP) is 0.151. The van der Waals surface area contributed by atoms with Crippen LogP contribution >= 0.6 is 0 Å². The van der Waals surface area contributed by atoms with E-state index in [0.717, 1.165) is 12.8 Å². The smallest absolute Gasteiger partial charge is 0.0897 e. The van der Waals surface area contributed by atoms with Gasteiger partial charge >= 0.3 is 0 Å². The maximum absolute atomic E-state index is 9.69. The van der Waals surface area contributed by atoms with Crippen molar-refractivity contribution in [2.75, 3.05) is 40.1 Å². The SMILES string of the molecule is CCC(CC)(CO)NCC(O)COCCOC. The third kappa shape index (κ3) is 6.95. The first kappa shape index (κ1) is 16.8. The number of methoxy groups -OCH3 is 1. The third-order valence-corrected chi connectivity index (χ3v) is 3.11. The molecule has 17 heavy (non-hydrogen) atoms. The highest BCUT2D eigenvalue weighted by atomic mass is 16.5. The molecule has 0 amide bonds. The van der Waals surface area contributed by atoms with Gasteiger partial charge in [-0.3, -0.25) is 0 Å². The normalized spacial score (nSPS) is 13.9. The molecule has 0 aromatic rings. The summed E-state index contributed by atoms with van der Waals surface area (Å²) in [4.78, 5) is 0. The summed E-state index contributed by atoms with van der Waals surface area (Å²) in [5.41, 5.74) is -0.284. The molecule has 0 saturated heterocycles. The van der Waals surface area contributed by atoms with Crippen LogP contribution in [0.2, 0.25) is 0 Å². The van der Waals surface area contributed by atoms with Gasteiger partial charge in [-0.15, -0.1) is 0 Å². The molecule has 0 rings (SSSR count). The van der Waals surface area contributed by atoms with Crippen LogP contribution in [0.15, 0.2) is 0 Å². The maximum Gasteiger partial charge on any atom is 0.0897 e. The molecule has 104 valence electrons. The fraction of sp³-hybridized carbons (Fsp3) is 1.00. The van der Waals surface area contributed by atoms with Crippen LogP contribution in [0.25, 0.3) is 0 Å². The summed E-state index contributed by atoms with van der Waals surface area (Å²) in [7, 11) is 1.61. The fourth-order valence-corrected chi connectivity index (χ4v) is 1.53. The summed E-state index contributed by atoms with van der Waals surface area (Å²) >= 11 is 0. The van der Waals surface area contributed by atoms with Gasteiger partial charge in [0.15, 0.2) is 0 Å². The molecule has 0 spiro atoms. The number of ether oxygens (including phenoxy) is 2. The zero-order chi connectivity index (χ0) is 13.1. The average Bonchev–Trinajstić information content (AvgIpc) is 2.37. The zero-order valence-corrected chi connectivity index (χ0v) is 11.2. The van der Waals surface area contributed by atoms with Crippen molar-refractivity contribution in [1.82, 2.24) is 5.32 Å². The minimum Gasteiger partial charge on any atom is -0.394 e. The highest BCUT2D eigenvalue weighted by molar-refractivity contribution is 4.85. The molecule has 0 aliphatic heterocycles. The first-order valence-electron chi connectivity index (χ1n) is 6.24. The van der Waals surface area contributed by atoms with Crippen LogP contribution < -0.4 is 5.32 Å². The summed E-state index contributed by atoms with van der Waals surface area (Å²) < 4.78 is 10.1. The Labute approximate surface area is 104 Å². The van der Waals surface area contributed by atoms with Crippen LogP contribution in [0.1, 0.15) is 26.7 Å². The third-order valence-electron chi connectivity index (χ3n) is 3.11. The quantitative estimate of drug-likeness (QED) is 0.455. The number of aliphatic hydroxyl groups is 2. The predicted molar refractivity (Wildman–Crippen MR) is 67.1 cm³/mol. The Bertz CT molecular complexity index is 166. The van der Waals surface area contributed by atoms with E-state index in [1.807, 2.05) is 13.8 Å². The lowest BCUT2D eigenvalue weighted by atomic mass is 9.94. The van der Waals surface area contributed by atoms with Crippen molar-refractivity contribution in [1.29, 1.82) is 0 Å². The molecule has 1 atom stereocenters. The van der Waals surface area contributed by atoms with Crippen LogP contribution in [-0.2, 0) is 9.47 Å². The van der Waals surface area contributed by atoms with Gasteiger partial charge in [0, 0.05) is 19.2 Å². The molecular formula is C12H27NO4. The molecule has 0 aromatic carbocycles. The minimum absolute atomic E-state index is 0.0806. The molecule has 0 fully saturated rings. The number of aliphatic hydroxyl groups excluding tert-OH is 2. The number of hydrogen-bond acceptors (Lipinski definition) is 5. The summed E-state index contributed by atoms with van der Waals surface area (Å²) in [6.07, 6.45) is 1.10. The first-order valence-corrected chi connectivity index (χ1v) is 6.24. The van der Waals surface area contributed by atoms with Crippen molar-refractivity contribution < 1.29 is 19.7 Å². The monoisotopic (exact) mass is 249 g/mol. The second-order valence-electron chi connectivity index (χ2n) is 4.25. The van der Waals surface area contributed by atoms with Gasteiger partial charge in [0.05, 0.1) is 32.5 Å². The van der Waals surface area contributed by atoms with Gasteiger partial charge in [-0.05, 0) is 12.8 Å². The van der Waals surface area contributed by atoms with Crippen molar-refractivity contribution in [3.63, 3.8) is 0 Å². The number of nitrogens with one attached hydrogen (secondary N) is 1. The molecule has 5 heteroatoms. The molecule has 0 aliphatic rings. The molecule has 0 saturated carbocycles. The van der Waals surface area contributed by atoms with E-state index < -0.39 is 6.10 Å². The van der Waals surface area contributed by atoms with E-state index in [4.69, 9.17) is 9.47 Å². The summed E-state index contributed by atoms with van der Waals surface area (Å²) in [6, 6.07) is 0. The molecule has 0 bridgehead atoms. The lowest BCUT2D eigenvalue weighted by molar-refractivity contribution is 0.00844. The largest absolute Gasteiger partial charge is 0.394 e. The van der Waals surface area contributed by atoms with E-state index in [0.29, 0.717) is 19.8 Å². The fourth-order valence-electron chi connectivity index (χ4n) is 1.53. The van der Waals surface area contributed by atoms with Gasteiger partial charge in [0.2, 0.25) is 0 Å². The van der Waals surface area contributed by atoms with Gasteiger partial charge in [-0.25, -0.2) is 0 Å². The van der Waals surface area contributed by atoms with Gasteiger partial charge in [-0.1, -0.05) is 13.8 Å².